The third-order valence-electron chi connectivity index (χ3n) is 3.65. The molecule has 0 aliphatic heterocycles. The van der Waals surface area contributed by atoms with Crippen LogP contribution in [0.2, 0.25) is 0 Å². The average molecular weight is 403 g/mol. The van der Waals surface area contributed by atoms with E-state index in [1.54, 1.807) is 0 Å². The van der Waals surface area contributed by atoms with Crippen molar-refractivity contribution in [2.75, 3.05) is 0 Å². The van der Waals surface area contributed by atoms with Crippen LogP contribution in [0.15, 0.2) is 0 Å². The largest absolute Gasteiger partial charge is 0.124 e. The van der Waals surface area contributed by atoms with Gasteiger partial charge in [0.25, 0.3) is 0 Å². The van der Waals surface area contributed by atoms with E-state index >= 15 is 0 Å². The molecule has 0 spiro atoms. The number of hydrogen-bond donors (Lipinski definition) is 0. The van der Waals surface area contributed by atoms with E-state index < -0.39 is 0 Å². The molecule has 0 amide bonds. The lowest BCUT2D eigenvalue weighted by molar-refractivity contribution is 0.466. The highest BCUT2D eigenvalue weighted by molar-refractivity contribution is 4.50. The molecule has 0 N–H and O–H groups in total. The van der Waals surface area contributed by atoms with Crippen LogP contribution in [-0.2, 0) is 0 Å². The van der Waals surface area contributed by atoms with Gasteiger partial charge in [0, 0.05) is 0 Å². The fourth-order valence-corrected chi connectivity index (χ4v) is 1.19. The average Bonchev–Trinajstić information content (AvgIpc) is 2.77. The Labute approximate surface area is 186 Å². The first kappa shape index (κ1) is 46.0. The Morgan fingerprint density at radius 2 is 0.786 bits per heavy atom. The second-order valence-electron chi connectivity index (χ2n) is 6.84. The predicted molar refractivity (Wildman–Crippen MR) is 142 cm³/mol. The highest BCUT2D eigenvalue weighted by atomic mass is 14.0. The minimum Gasteiger partial charge on any atom is -0.124 e. The second-order valence-corrected chi connectivity index (χ2v) is 6.84. The summed E-state index contributed by atoms with van der Waals surface area (Å²) in [6, 6.07) is 0. The van der Waals surface area contributed by atoms with Gasteiger partial charge in [0.15, 0.2) is 0 Å². The van der Waals surface area contributed by atoms with E-state index in [1.807, 2.05) is 27.7 Å². The molecule has 178 valence electrons. The summed E-state index contributed by atoms with van der Waals surface area (Å²) in [5.41, 5.74) is 0. The van der Waals surface area contributed by atoms with Crippen LogP contribution in [0.3, 0.4) is 0 Å². The van der Waals surface area contributed by atoms with Crippen molar-refractivity contribution in [3.63, 3.8) is 0 Å². The zero-order chi connectivity index (χ0) is 24.2. The summed E-state index contributed by atoms with van der Waals surface area (Å²) < 4.78 is 0. The van der Waals surface area contributed by atoms with Crippen LogP contribution >= 0.6 is 0 Å². The van der Waals surface area contributed by atoms with Crippen LogP contribution in [0, 0.1) is 24.7 Å². The molecular weight excluding hydrogens is 336 g/mol. The van der Waals surface area contributed by atoms with Crippen molar-refractivity contribution in [1.82, 2.24) is 0 Å². The molecule has 0 aliphatic rings. The first-order valence-corrected chi connectivity index (χ1v) is 12.7. The van der Waals surface area contributed by atoms with E-state index in [2.05, 4.69) is 82.1 Å². The summed E-state index contributed by atoms with van der Waals surface area (Å²) in [4.78, 5) is 0. The summed E-state index contributed by atoms with van der Waals surface area (Å²) in [5, 5.41) is 0. The van der Waals surface area contributed by atoms with Crippen molar-refractivity contribution in [3.8, 4) is 12.8 Å². The van der Waals surface area contributed by atoms with E-state index in [1.165, 1.54) is 64.2 Å². The number of rotatable bonds is 8. The van der Waals surface area contributed by atoms with Crippen molar-refractivity contribution in [1.29, 1.82) is 0 Å². The van der Waals surface area contributed by atoms with Gasteiger partial charge in [-0.05, 0) is 11.8 Å². The van der Waals surface area contributed by atoms with Crippen LogP contribution in [0.5, 0.6) is 0 Å². The third kappa shape index (κ3) is 138. The van der Waals surface area contributed by atoms with Crippen LogP contribution in [-0.4, -0.2) is 0 Å². The standard InChI is InChI=1S/C9H20.C5H12.2C4H10.2C2H6.C2H2/c1-4-6-8-9(3)7-5-2;1-4-5(2)3;2*1-3-4-2;3*1-2/h9H,4-8H2,1-3H3;5H,4H2,1-3H3;2*3-4H2,1-2H3;2*1-2H3;1-2H. The molecule has 1 atom stereocenters. The van der Waals surface area contributed by atoms with Crippen LogP contribution in [0.25, 0.3) is 0 Å². The molecule has 0 aliphatic carbocycles. The van der Waals surface area contributed by atoms with Crippen molar-refractivity contribution in [2.45, 2.75) is 161 Å². The van der Waals surface area contributed by atoms with Gasteiger partial charge in [0.05, 0.1) is 0 Å². The molecule has 0 aromatic rings. The van der Waals surface area contributed by atoms with Gasteiger partial charge in [0.1, 0.15) is 0 Å². The SMILES string of the molecule is C#C.CC.CC.CCC(C)C.CCCC.CCCC.CCCCC(C)CCC. The molecular formula is C28H66. The van der Waals surface area contributed by atoms with Gasteiger partial charge in [-0.3, -0.25) is 0 Å². The van der Waals surface area contributed by atoms with Crippen molar-refractivity contribution < 1.29 is 0 Å². The Kier molecular flexibility index (Phi) is 118. The fourth-order valence-electron chi connectivity index (χ4n) is 1.19. The maximum absolute atomic E-state index is 4.00. The molecule has 0 saturated carbocycles. The summed E-state index contributed by atoms with van der Waals surface area (Å²) in [7, 11) is 0. The van der Waals surface area contributed by atoms with E-state index in [9.17, 15) is 0 Å². The lowest BCUT2D eigenvalue weighted by Crippen LogP contribution is -1.92. The van der Waals surface area contributed by atoms with Gasteiger partial charge in [-0.15, -0.1) is 12.8 Å². The molecule has 0 aromatic carbocycles. The first-order valence-electron chi connectivity index (χ1n) is 12.7. The van der Waals surface area contributed by atoms with E-state index in [0.717, 1.165) is 11.8 Å². The molecule has 0 nitrogen and oxygen atoms in total. The third-order valence-corrected chi connectivity index (χ3v) is 3.65. The van der Waals surface area contributed by atoms with Crippen LogP contribution in [0.4, 0.5) is 0 Å². The van der Waals surface area contributed by atoms with Gasteiger partial charge < -0.3 is 0 Å². The molecule has 0 fully saturated rings. The number of hydrogen-bond acceptors (Lipinski definition) is 0. The summed E-state index contributed by atoms with van der Waals surface area (Å²) in [6.07, 6.45) is 21.6. The normalized spacial score (nSPS) is 8.75. The Morgan fingerprint density at radius 3 is 0.929 bits per heavy atom. The molecule has 28 heavy (non-hydrogen) atoms. The highest BCUT2D eigenvalue weighted by Gasteiger charge is 1.97. The maximum Gasteiger partial charge on any atom is -0.0443 e. The Morgan fingerprint density at radius 1 is 0.500 bits per heavy atom. The molecule has 0 aromatic heterocycles. The van der Waals surface area contributed by atoms with Crippen molar-refractivity contribution in [3.05, 3.63) is 0 Å². The zero-order valence-corrected chi connectivity index (χ0v) is 23.4. The monoisotopic (exact) mass is 403 g/mol. The molecule has 0 heterocycles. The zero-order valence-electron chi connectivity index (χ0n) is 23.4. The highest BCUT2D eigenvalue weighted by Crippen LogP contribution is 2.12. The van der Waals surface area contributed by atoms with Crippen LogP contribution < -0.4 is 0 Å². The number of terminal acetylenes is 1. The Balaban J connectivity index is -0.0000000403. The van der Waals surface area contributed by atoms with Crippen LogP contribution in [0.1, 0.15) is 161 Å². The van der Waals surface area contributed by atoms with Gasteiger partial charge in [-0.1, -0.05) is 161 Å². The van der Waals surface area contributed by atoms with Crippen molar-refractivity contribution in [2.24, 2.45) is 11.8 Å². The molecule has 0 radical (unpaired) electrons. The van der Waals surface area contributed by atoms with E-state index in [-0.39, 0.29) is 0 Å². The minimum atomic E-state index is 0.884. The molecule has 0 rings (SSSR count). The first-order chi connectivity index (χ1) is 13.4. The van der Waals surface area contributed by atoms with Gasteiger partial charge in [-0.2, -0.15) is 0 Å². The maximum atomic E-state index is 4.00. The summed E-state index contributed by atoms with van der Waals surface area (Å²) in [5.74, 6) is 1.85. The quantitative estimate of drug-likeness (QED) is 0.354. The van der Waals surface area contributed by atoms with Gasteiger partial charge >= 0.3 is 0 Å². The molecule has 0 bridgehead atoms. The number of unbranched alkanes of at least 4 members (excludes halogenated alkanes) is 3. The molecule has 0 heteroatoms. The van der Waals surface area contributed by atoms with Gasteiger partial charge in [0.2, 0.25) is 0 Å². The van der Waals surface area contributed by atoms with E-state index in [4.69, 9.17) is 0 Å². The predicted octanol–water partition coefficient (Wildman–Crippen LogP) is 11.6. The lowest BCUT2D eigenvalue weighted by Gasteiger charge is -2.07. The topological polar surface area (TPSA) is 0 Å². The summed E-state index contributed by atoms with van der Waals surface area (Å²) in [6.45, 7) is 30.3. The molecule has 1 unspecified atom stereocenters. The summed E-state index contributed by atoms with van der Waals surface area (Å²) >= 11 is 0. The van der Waals surface area contributed by atoms with Crippen molar-refractivity contribution >= 4 is 0 Å². The second kappa shape index (κ2) is 71.7. The Bertz CT molecular complexity index is 147. The minimum absolute atomic E-state index is 0.884. The smallest absolute Gasteiger partial charge is 0.0443 e. The lowest BCUT2D eigenvalue weighted by atomic mass is 10.00. The van der Waals surface area contributed by atoms with E-state index in [0.29, 0.717) is 0 Å². The fraction of sp³-hybridized carbons (Fsp3) is 0.929. The molecule has 0 saturated heterocycles. The van der Waals surface area contributed by atoms with Gasteiger partial charge in [-0.25, -0.2) is 0 Å². The Hall–Kier alpha value is -0.440.